The lowest BCUT2D eigenvalue weighted by Gasteiger charge is -2.40. The lowest BCUT2D eigenvalue weighted by atomic mass is 9.77. The molecule has 4 rings (SSSR count). The number of hydrogen-bond donors (Lipinski definition) is 3. The number of benzene rings is 2. The van der Waals surface area contributed by atoms with Crippen molar-refractivity contribution < 1.29 is 41.3 Å². The maximum absolute atomic E-state index is 13.7. The number of carbonyl (C=O) groups excluding carboxylic acids is 1. The first-order chi connectivity index (χ1) is 16.9. The molecule has 2 atom stereocenters. The summed E-state index contributed by atoms with van der Waals surface area (Å²) in [4.78, 5) is 12.4. The molecule has 2 aliphatic rings. The highest BCUT2D eigenvalue weighted by Gasteiger charge is 2.54. The van der Waals surface area contributed by atoms with Gasteiger partial charge in [-0.25, -0.2) is 21.6 Å². The van der Waals surface area contributed by atoms with Gasteiger partial charge in [-0.15, -0.1) is 0 Å². The van der Waals surface area contributed by atoms with Crippen molar-refractivity contribution in [2.45, 2.75) is 41.4 Å². The van der Waals surface area contributed by atoms with Gasteiger partial charge in [0.25, 0.3) is 5.91 Å². The van der Waals surface area contributed by atoms with Crippen LogP contribution in [-0.4, -0.2) is 55.2 Å². The smallest absolute Gasteiger partial charge is 0.255 e. The first-order valence-corrected chi connectivity index (χ1v) is 13.3. The predicted octanol–water partition coefficient (Wildman–Crippen LogP) is 3.71. The number of aliphatic hydroxyl groups excluding tert-OH is 1. The highest BCUT2D eigenvalue weighted by Crippen LogP contribution is 2.51. The van der Waals surface area contributed by atoms with E-state index in [1.807, 2.05) is 0 Å². The van der Waals surface area contributed by atoms with Gasteiger partial charge in [0.15, 0.2) is 27.3 Å². The molecule has 196 valence electrons. The largest absolute Gasteiger partial charge is 0.394 e. The minimum atomic E-state index is -4.03. The standard InChI is InChI=1S/C24H25ClF3NO6S/c25-17-4-3-13(23(31)29-16-8-18(26)21(28)19(27)9-16)7-20(17)36(33,34)22-14-1-2-15(22)11-24(32,10-14)12-35-6-5-30/h3-4,7-9,14-15,22,30,32H,1-2,5-6,10-12H2,(H,29,31). The zero-order valence-electron chi connectivity index (χ0n) is 19.0. The molecule has 0 heterocycles. The van der Waals surface area contributed by atoms with Crippen LogP contribution in [0.2, 0.25) is 5.02 Å². The van der Waals surface area contributed by atoms with Gasteiger partial charge >= 0.3 is 0 Å². The zero-order chi connectivity index (χ0) is 26.3. The van der Waals surface area contributed by atoms with Crippen LogP contribution in [0.25, 0.3) is 0 Å². The van der Waals surface area contributed by atoms with Gasteiger partial charge in [-0.1, -0.05) is 11.6 Å². The van der Waals surface area contributed by atoms with Crippen LogP contribution in [0, 0.1) is 29.3 Å². The Morgan fingerprint density at radius 1 is 1.11 bits per heavy atom. The van der Waals surface area contributed by atoms with E-state index in [0.29, 0.717) is 25.0 Å². The van der Waals surface area contributed by atoms with Crippen LogP contribution in [0.5, 0.6) is 0 Å². The lowest BCUT2D eigenvalue weighted by molar-refractivity contribution is -0.0864. The van der Waals surface area contributed by atoms with Crippen molar-refractivity contribution in [3.05, 3.63) is 58.4 Å². The molecule has 7 nitrogen and oxygen atoms in total. The Balaban J connectivity index is 1.57. The molecule has 0 saturated heterocycles. The third-order valence-electron chi connectivity index (χ3n) is 6.83. The van der Waals surface area contributed by atoms with Gasteiger partial charge in [0, 0.05) is 23.4 Å². The molecule has 1 amide bonds. The number of carbonyl (C=O) groups is 1. The van der Waals surface area contributed by atoms with Crippen molar-refractivity contribution in [2.75, 3.05) is 25.1 Å². The van der Waals surface area contributed by atoms with Crippen LogP contribution >= 0.6 is 11.6 Å². The van der Waals surface area contributed by atoms with E-state index in [-0.39, 0.29) is 65.7 Å². The second-order valence-corrected chi connectivity index (χ2v) is 11.9. The summed E-state index contributed by atoms with van der Waals surface area (Å²) in [5.41, 5.74) is -1.66. The lowest BCUT2D eigenvalue weighted by Crippen LogP contribution is -2.48. The van der Waals surface area contributed by atoms with E-state index >= 15 is 0 Å². The molecule has 2 aliphatic carbocycles. The quantitative estimate of drug-likeness (QED) is 0.343. The van der Waals surface area contributed by atoms with Crippen molar-refractivity contribution in [1.29, 1.82) is 0 Å². The molecule has 2 aromatic rings. The fourth-order valence-electron chi connectivity index (χ4n) is 5.43. The zero-order valence-corrected chi connectivity index (χ0v) is 20.6. The van der Waals surface area contributed by atoms with Gasteiger partial charge in [0.1, 0.15) is 0 Å². The van der Waals surface area contributed by atoms with Crippen molar-refractivity contribution in [2.24, 2.45) is 11.8 Å². The van der Waals surface area contributed by atoms with Gasteiger partial charge in [-0.05, 0) is 55.7 Å². The summed E-state index contributed by atoms with van der Waals surface area (Å²) in [6.07, 6.45) is 1.60. The summed E-state index contributed by atoms with van der Waals surface area (Å²) < 4.78 is 72.9. The van der Waals surface area contributed by atoms with Crippen LogP contribution in [0.4, 0.5) is 18.9 Å². The summed E-state index contributed by atoms with van der Waals surface area (Å²) in [6.45, 7) is -0.122. The van der Waals surface area contributed by atoms with E-state index in [1.54, 1.807) is 0 Å². The number of halogens is 4. The van der Waals surface area contributed by atoms with E-state index in [0.717, 1.165) is 6.07 Å². The highest BCUT2D eigenvalue weighted by atomic mass is 35.5. The van der Waals surface area contributed by atoms with Gasteiger partial charge in [0.2, 0.25) is 0 Å². The average Bonchev–Trinajstić information content (AvgIpc) is 3.11. The Labute approximate surface area is 211 Å². The molecular formula is C24H25ClF3NO6S. The minimum Gasteiger partial charge on any atom is -0.394 e. The van der Waals surface area contributed by atoms with Crippen LogP contribution in [0.1, 0.15) is 36.0 Å². The van der Waals surface area contributed by atoms with Crippen LogP contribution in [-0.2, 0) is 14.6 Å². The molecule has 3 N–H and O–H groups in total. The highest BCUT2D eigenvalue weighted by molar-refractivity contribution is 7.92. The number of anilines is 1. The summed E-state index contributed by atoms with van der Waals surface area (Å²) in [5, 5.41) is 21.2. The van der Waals surface area contributed by atoms with E-state index in [1.165, 1.54) is 12.1 Å². The number of hydrogen-bond acceptors (Lipinski definition) is 6. The van der Waals surface area contributed by atoms with Crippen molar-refractivity contribution in [3.63, 3.8) is 0 Å². The number of sulfone groups is 1. The first-order valence-electron chi connectivity index (χ1n) is 11.4. The Kier molecular flexibility index (Phi) is 7.68. The number of amides is 1. The van der Waals surface area contributed by atoms with Crippen LogP contribution in [0.15, 0.2) is 35.2 Å². The third-order valence-corrected chi connectivity index (χ3v) is 9.71. The predicted molar refractivity (Wildman–Crippen MR) is 125 cm³/mol. The van der Waals surface area contributed by atoms with Crippen LogP contribution in [0.3, 0.4) is 0 Å². The summed E-state index contributed by atoms with van der Waals surface area (Å²) in [6, 6.07) is 4.83. The fraction of sp³-hybridized carbons (Fsp3) is 0.458. The first kappa shape index (κ1) is 26.9. The van der Waals surface area contributed by atoms with E-state index in [2.05, 4.69) is 5.32 Å². The van der Waals surface area contributed by atoms with Crippen molar-refractivity contribution in [3.8, 4) is 0 Å². The number of ether oxygens (including phenoxy) is 1. The molecule has 36 heavy (non-hydrogen) atoms. The van der Waals surface area contributed by atoms with E-state index in [9.17, 15) is 31.5 Å². The molecule has 2 fully saturated rings. The van der Waals surface area contributed by atoms with Crippen molar-refractivity contribution >= 4 is 33.0 Å². The number of fused-ring (bicyclic) bond motifs is 2. The Bertz CT molecular complexity index is 1240. The topological polar surface area (TPSA) is 113 Å². The molecule has 0 aliphatic heterocycles. The van der Waals surface area contributed by atoms with Gasteiger partial charge < -0.3 is 20.3 Å². The third kappa shape index (κ3) is 5.26. The molecule has 0 spiro atoms. The number of rotatable bonds is 8. The molecule has 0 radical (unpaired) electrons. The normalized spacial score (nSPS) is 25.7. The molecule has 2 bridgehead atoms. The molecule has 0 aromatic heterocycles. The van der Waals surface area contributed by atoms with Crippen molar-refractivity contribution in [1.82, 2.24) is 0 Å². The van der Waals surface area contributed by atoms with Gasteiger partial charge in [-0.2, -0.15) is 0 Å². The minimum absolute atomic E-state index is 0.00564. The van der Waals surface area contributed by atoms with Gasteiger partial charge in [0.05, 0.1) is 40.6 Å². The van der Waals surface area contributed by atoms with E-state index in [4.69, 9.17) is 21.4 Å². The molecule has 2 saturated carbocycles. The molecule has 2 aromatic carbocycles. The monoisotopic (exact) mass is 547 g/mol. The Morgan fingerprint density at radius 3 is 2.31 bits per heavy atom. The number of nitrogens with one attached hydrogen (secondary N) is 1. The van der Waals surface area contributed by atoms with Gasteiger partial charge in [-0.3, -0.25) is 4.79 Å². The second kappa shape index (κ2) is 10.3. The Hall–Kier alpha value is -2.18. The average molecular weight is 548 g/mol. The maximum Gasteiger partial charge on any atom is 0.255 e. The SMILES string of the molecule is O=C(Nc1cc(F)c(F)c(F)c1)c1ccc(Cl)c(S(=O)(=O)C2C3CCC2CC(O)(COCCO)C3)c1. The Morgan fingerprint density at radius 2 is 1.72 bits per heavy atom. The number of aliphatic hydroxyl groups is 2. The fourth-order valence-corrected chi connectivity index (χ4v) is 8.27. The van der Waals surface area contributed by atoms with E-state index < -0.39 is 44.0 Å². The second-order valence-electron chi connectivity index (χ2n) is 9.37. The van der Waals surface area contributed by atoms with Crippen LogP contribution < -0.4 is 5.32 Å². The summed E-state index contributed by atoms with van der Waals surface area (Å²) in [7, 11) is -4.03. The summed E-state index contributed by atoms with van der Waals surface area (Å²) >= 11 is 6.24. The molecule has 2 unspecified atom stereocenters. The molecule has 12 heteroatoms. The molecular weight excluding hydrogens is 523 g/mol. The summed E-state index contributed by atoms with van der Waals surface area (Å²) in [5.74, 6) is -6.22. The maximum atomic E-state index is 13.7.